The molecule has 0 saturated heterocycles. The number of furan rings is 1. The van der Waals surface area contributed by atoms with Gasteiger partial charge in [-0.05, 0) is 339 Å². The Morgan fingerprint density at radius 3 is 1.12 bits per heavy atom. The van der Waals surface area contributed by atoms with E-state index in [2.05, 4.69) is 111 Å². The van der Waals surface area contributed by atoms with Gasteiger partial charge < -0.3 is 57.9 Å². The molecule has 0 spiro atoms. The van der Waals surface area contributed by atoms with Gasteiger partial charge in [0.1, 0.15) is 45.9 Å². The number of unbranched alkanes of at least 4 members (excludes halogenated alkanes) is 12. The molecule has 0 amide bonds. The molecular formula is C120H187N7O20S3. The second kappa shape index (κ2) is 85.9. The highest BCUT2D eigenvalue weighted by atomic mass is 32.2. The number of ketones is 6. The van der Waals surface area contributed by atoms with Crippen LogP contribution in [0.25, 0.3) is 11.0 Å². The molecule has 0 atom stereocenters. The Morgan fingerprint density at radius 2 is 0.773 bits per heavy atom. The van der Waals surface area contributed by atoms with Crippen LogP contribution >= 0.6 is 0 Å². The summed E-state index contributed by atoms with van der Waals surface area (Å²) in [7, 11) is -6.58. The molecule has 4 N–H and O–H groups in total. The zero-order valence-corrected chi connectivity index (χ0v) is 96.5. The number of ether oxygens (including phenoxy) is 5. The fourth-order valence-corrected chi connectivity index (χ4v) is 16.3. The summed E-state index contributed by atoms with van der Waals surface area (Å²) in [6.45, 7) is 47.1. The standard InChI is InChI=1S/C31H43NO3.C25H41NO3.C25H41NO2.C24H39NO3.C7H9NO3S.C7H7NO3S.CH4O.HNO2S.H2/c1-5-8-12-29-30(27-23-24(4)13-18-28(27)35-29)31(33)25-14-16-26(17-15-25)34-22-11-21-32(19-9-6-2)20-10-7-3;1-5-8-12-24(28-4)21-25(27)22-13-15-23(16-14-22)29-20-11-19-26(17-9-6-2)18-10-7-3;1-5-8-12-22(4)21-25(27)23-13-15-24(16-14-23)28-20-11-19-26(17-9-6-2)18-10-7-3;1-4-7-11-22(26)20-24(27)21-12-14-23(15-13-21)28-19-10-18-25(16-8-5-2)17-9-6-3;2*1-12(10,11)8-6-2-4-7(9)5-3-6;1-2;1-4(2)3;/h13-18,23H,5-12,19-22H2,1-4H3;13-16,21H,5-12,17-20H2,1-4H3;13-16,21H,5-12,17-20H2,1-4H3;12-15H,4-11,16-20H2,1-3H3;2-5,8-9H,1H3;2-5H,1H3;2H,1H3;1H;1H/i;;;;;;;;1+1. The normalized spacial score (nSPS) is 11.6. The molecule has 1 aromatic heterocycles. The minimum atomic E-state index is -3.37. The number of nitrogens with one attached hydrogen (secondary N) is 2. The molecule has 150 heavy (non-hydrogen) atoms. The Morgan fingerprint density at radius 1 is 0.440 bits per heavy atom. The summed E-state index contributed by atoms with van der Waals surface area (Å²) in [4.78, 5) is 83.0. The number of benzene rings is 6. The number of fused-ring (bicyclic) bond motifs is 1. The van der Waals surface area contributed by atoms with Crippen LogP contribution in [-0.2, 0) is 51.3 Å². The lowest BCUT2D eigenvalue weighted by Crippen LogP contribution is -2.28. The molecule has 1 aliphatic carbocycles. The highest BCUT2D eigenvalue weighted by Crippen LogP contribution is 2.32. The third kappa shape index (κ3) is 67.7. The second-order valence-corrected chi connectivity index (χ2v) is 41.3. The molecule has 0 bridgehead atoms. The van der Waals surface area contributed by atoms with E-state index in [-0.39, 0.29) is 54.0 Å². The number of carbonyl (C=O) groups is 6. The average molecular weight is 2150 g/mol. The van der Waals surface area contributed by atoms with Gasteiger partial charge in [-0.1, -0.05) is 177 Å². The van der Waals surface area contributed by atoms with Gasteiger partial charge in [0.05, 0.1) is 69.5 Å². The van der Waals surface area contributed by atoms with Crippen molar-refractivity contribution in [2.45, 2.75) is 309 Å². The molecule has 6 aromatic carbocycles. The van der Waals surface area contributed by atoms with Crippen LogP contribution in [-0.4, -0.2) is 227 Å². The van der Waals surface area contributed by atoms with Gasteiger partial charge in [-0.3, -0.25) is 33.5 Å². The number of Topliss-reactive ketones (excluding diaryl/α,β-unsaturated/α-hetero) is 2. The van der Waals surface area contributed by atoms with Crippen LogP contribution in [0.5, 0.6) is 28.7 Å². The lowest BCUT2D eigenvalue weighted by atomic mass is 9.97. The molecule has 0 unspecified atom stereocenters. The maximum atomic E-state index is 13.5. The third-order valence-electron chi connectivity index (χ3n) is 23.7. The van der Waals surface area contributed by atoms with Gasteiger partial charge >= 0.3 is 10.5 Å². The van der Waals surface area contributed by atoms with E-state index in [1.54, 1.807) is 31.4 Å². The van der Waals surface area contributed by atoms with Gasteiger partial charge in [0.25, 0.3) is 10.0 Å². The number of aliphatic hydroxyl groups excluding tert-OH is 1. The second-order valence-electron chi connectivity index (χ2n) is 37.4. The highest BCUT2D eigenvalue weighted by Gasteiger charge is 2.23. The summed E-state index contributed by atoms with van der Waals surface area (Å²) in [5.74, 6) is 4.76. The van der Waals surface area contributed by atoms with Crippen molar-refractivity contribution in [1.29, 1.82) is 4.78 Å². The van der Waals surface area contributed by atoms with Crippen LogP contribution in [0.1, 0.15) is 355 Å². The Kier molecular flexibility index (Phi) is 78.7. The molecule has 7 aromatic rings. The topological polar surface area (TPSA) is 366 Å². The van der Waals surface area contributed by atoms with Gasteiger partial charge in [-0.2, -0.15) is 17.6 Å². The maximum absolute atomic E-state index is 13.5. The molecule has 8 rings (SSSR count). The monoisotopic (exact) mass is 2140 g/mol. The van der Waals surface area contributed by atoms with E-state index < -0.39 is 30.5 Å². The third-order valence-corrected chi connectivity index (χ3v) is 24.9. The van der Waals surface area contributed by atoms with Gasteiger partial charge in [0.2, 0.25) is 10.0 Å². The highest BCUT2D eigenvalue weighted by molar-refractivity contribution is 7.92. The van der Waals surface area contributed by atoms with Crippen molar-refractivity contribution in [3.8, 4) is 28.7 Å². The number of rotatable bonds is 69. The molecule has 0 aliphatic heterocycles. The van der Waals surface area contributed by atoms with Crippen molar-refractivity contribution in [3.05, 3.63) is 226 Å². The number of anilines is 1. The van der Waals surface area contributed by atoms with Crippen LogP contribution in [0.4, 0.5) is 5.69 Å². The van der Waals surface area contributed by atoms with E-state index in [1.807, 2.05) is 118 Å². The number of allylic oxidation sites excluding steroid dienone is 8. The Hall–Kier alpha value is -10.6. The van der Waals surface area contributed by atoms with Crippen molar-refractivity contribution in [1.82, 2.24) is 19.6 Å². The van der Waals surface area contributed by atoms with Gasteiger partial charge in [0, 0.05) is 93.4 Å². The number of phenols is 1. The van der Waals surface area contributed by atoms with Crippen LogP contribution < -0.4 is 23.7 Å². The fourth-order valence-electron chi connectivity index (χ4n) is 15.2. The minimum Gasteiger partial charge on any atom is -0.508 e. The SMILES string of the molecule is CCCCC(=CC(=O)c1ccc(OCCCN(CCCC)CCCC)cc1)OC.CCCCC(=O)CC(=O)c1ccc(OCCCN(CCCC)CCCC)cc1.CCCCC(C)=CC(=O)c1ccc(OCCCN(CCCC)CCCC)cc1.CCCCc1oc2ccc(C)cc2c1C(=O)c1ccc(OCCCN(CCCC)CCCC)cc1.CO.CS(=O)(=O)N=C1C=CC(=O)C=C1.CS(=O)(=O)Nc1ccc(O)cc1.N=S(=O)=O.[2HH]. The van der Waals surface area contributed by atoms with Gasteiger partial charge in [0.15, 0.2) is 28.9 Å². The van der Waals surface area contributed by atoms with Crippen molar-refractivity contribution in [3.63, 3.8) is 0 Å². The van der Waals surface area contributed by atoms with Crippen molar-refractivity contribution in [2.24, 2.45) is 4.40 Å². The fraction of sp³-hybridized carbons (Fsp3) is 0.558. The van der Waals surface area contributed by atoms with E-state index in [9.17, 15) is 45.6 Å². The van der Waals surface area contributed by atoms with Gasteiger partial charge in [-0.15, -0.1) is 0 Å². The molecule has 0 fully saturated rings. The number of hydrogen-bond donors (Lipinski definition) is 4. The van der Waals surface area contributed by atoms with E-state index >= 15 is 0 Å². The van der Waals surface area contributed by atoms with E-state index in [0.29, 0.717) is 54.2 Å². The van der Waals surface area contributed by atoms with Crippen molar-refractivity contribution in [2.75, 3.05) is 136 Å². The van der Waals surface area contributed by atoms with Crippen molar-refractivity contribution >= 4 is 87.6 Å². The summed E-state index contributed by atoms with van der Waals surface area (Å²) in [6.07, 6.45) is 46.1. The molecule has 1 aliphatic rings. The predicted molar refractivity (Wildman–Crippen MR) is 618 cm³/mol. The zero-order chi connectivity index (χ0) is 112. The Bertz CT molecular complexity index is 5330. The van der Waals surface area contributed by atoms with Crippen LogP contribution in [0.2, 0.25) is 0 Å². The summed E-state index contributed by atoms with van der Waals surface area (Å²) >= 11 is 0. The molecular weight excluding hydrogens is 1960 g/mol. The number of aromatic hydroxyl groups is 1. The van der Waals surface area contributed by atoms with E-state index in [1.165, 1.54) is 204 Å². The molecule has 0 radical (unpaired) electrons. The zero-order valence-electron chi connectivity index (χ0n) is 94.1. The first-order chi connectivity index (χ1) is 72.1. The molecule has 0 saturated carbocycles. The summed E-state index contributed by atoms with van der Waals surface area (Å²) in [5, 5.41) is 16.8. The number of sulfonamides is 2. The maximum Gasteiger partial charge on any atom is 0.308 e. The Balaban J connectivity index is 0.00000182. The first-order valence-electron chi connectivity index (χ1n) is 54.7. The number of hydrogen-bond acceptors (Lipinski definition) is 25. The minimum absolute atomic E-state index is 0. The quantitative estimate of drug-likeness (QED) is 0.00523. The first-order valence-corrected chi connectivity index (χ1v) is 59.6. The number of methoxy groups -OCH3 is 1. The lowest BCUT2D eigenvalue weighted by Gasteiger charge is -2.21. The van der Waals surface area contributed by atoms with Crippen LogP contribution in [0, 0.1) is 11.7 Å². The summed E-state index contributed by atoms with van der Waals surface area (Å²) in [6, 6.07) is 41.6. The van der Waals surface area contributed by atoms with Crippen LogP contribution in [0.3, 0.4) is 0 Å². The lowest BCUT2D eigenvalue weighted by molar-refractivity contribution is -0.118. The van der Waals surface area contributed by atoms with E-state index in [4.69, 9.17) is 51.5 Å². The molecule has 27 nitrogen and oxygen atoms in total. The summed E-state index contributed by atoms with van der Waals surface area (Å²) in [5.41, 5.74) is 7.15. The predicted octanol–water partition coefficient (Wildman–Crippen LogP) is 26.9. The summed E-state index contributed by atoms with van der Waals surface area (Å²) < 4.78 is 106. The number of phenolic OH excluding ortho intramolecular Hbond substituents is 1. The molecule has 840 valence electrons. The smallest absolute Gasteiger partial charge is 0.308 e. The number of nitrogens with zero attached hydrogens (tertiary/aromatic N) is 5. The largest absolute Gasteiger partial charge is 0.508 e. The first kappa shape index (κ1) is 137. The molecule has 30 heteroatoms. The average Bonchev–Trinajstić information content (AvgIpc) is 1.63. The number of aliphatic hydroxyl groups is 1. The molecule has 1 heterocycles. The van der Waals surface area contributed by atoms with E-state index in [0.717, 1.165) is 211 Å². The number of carbonyl (C=O) groups excluding carboxylic acids is 6. The Labute approximate surface area is 904 Å². The van der Waals surface area contributed by atoms with Gasteiger partial charge in [-0.25, -0.2) is 16.8 Å². The van der Waals surface area contributed by atoms with Crippen molar-refractivity contribution < 1.29 is 93.8 Å². The number of aryl methyl sites for hydroxylation is 2. The van der Waals surface area contributed by atoms with Crippen LogP contribution in [0.15, 0.2) is 196 Å².